The molecule has 1 atom stereocenters. The summed E-state index contributed by atoms with van der Waals surface area (Å²) < 4.78 is 16.1. The number of methoxy groups -OCH3 is 1. The van der Waals surface area contributed by atoms with E-state index in [1.165, 1.54) is 4.90 Å². The highest BCUT2D eigenvalue weighted by molar-refractivity contribution is 5.80. The molecule has 28 heavy (non-hydrogen) atoms. The number of likely N-dealkylation sites (N-methyl/N-ethyl adjacent to an activating group) is 1. The van der Waals surface area contributed by atoms with E-state index in [1.807, 2.05) is 55.5 Å². The Morgan fingerprint density at radius 2 is 1.75 bits per heavy atom. The third-order valence-corrected chi connectivity index (χ3v) is 4.25. The van der Waals surface area contributed by atoms with Gasteiger partial charge < -0.3 is 18.9 Å². The Morgan fingerprint density at radius 3 is 2.39 bits per heavy atom. The van der Waals surface area contributed by atoms with E-state index in [2.05, 4.69) is 10.1 Å². The lowest BCUT2D eigenvalue weighted by Crippen LogP contribution is -2.37. The highest BCUT2D eigenvalue weighted by Gasteiger charge is 2.21. The number of nitrogens with zero attached hydrogens (tertiary/aromatic N) is 3. The van der Waals surface area contributed by atoms with Gasteiger partial charge in [0.05, 0.1) is 13.7 Å². The monoisotopic (exact) mass is 381 g/mol. The molecule has 7 heteroatoms. The second-order valence-corrected chi connectivity index (χ2v) is 6.51. The summed E-state index contributed by atoms with van der Waals surface area (Å²) in [4.78, 5) is 18.4. The van der Waals surface area contributed by atoms with E-state index in [0.29, 0.717) is 17.5 Å². The molecule has 3 aromatic rings. The fraction of sp³-hybridized carbons (Fsp3) is 0.286. The minimum atomic E-state index is -0.628. The van der Waals surface area contributed by atoms with Gasteiger partial charge in [0.15, 0.2) is 6.10 Å². The number of hydrogen-bond donors (Lipinski definition) is 0. The summed E-state index contributed by atoms with van der Waals surface area (Å²) in [5.74, 6) is 2.04. The number of ether oxygens (including phenoxy) is 2. The Bertz CT molecular complexity index is 920. The fourth-order valence-electron chi connectivity index (χ4n) is 2.64. The lowest BCUT2D eigenvalue weighted by Gasteiger charge is -2.20. The van der Waals surface area contributed by atoms with Crippen LogP contribution < -0.4 is 9.47 Å². The van der Waals surface area contributed by atoms with Crippen LogP contribution in [0.25, 0.3) is 11.4 Å². The second-order valence-electron chi connectivity index (χ2n) is 6.51. The van der Waals surface area contributed by atoms with Crippen LogP contribution in [0.5, 0.6) is 11.5 Å². The van der Waals surface area contributed by atoms with Crippen molar-refractivity contribution in [2.75, 3.05) is 14.2 Å². The number of rotatable bonds is 7. The Hall–Kier alpha value is -3.35. The SMILES string of the molecule is COc1ccc(-c2noc(CN(C)C(=O)[C@@H](C)Oc3ccc(C)cc3)n2)cc1. The van der Waals surface area contributed by atoms with Gasteiger partial charge in [0.1, 0.15) is 11.5 Å². The quantitative estimate of drug-likeness (QED) is 0.624. The Morgan fingerprint density at radius 1 is 1.11 bits per heavy atom. The van der Waals surface area contributed by atoms with Crippen LogP contribution in [0, 0.1) is 6.92 Å². The predicted molar refractivity (Wildman–Crippen MR) is 104 cm³/mol. The Balaban J connectivity index is 1.60. The lowest BCUT2D eigenvalue weighted by molar-refractivity contribution is -0.137. The molecule has 0 spiro atoms. The summed E-state index contributed by atoms with van der Waals surface area (Å²) in [5.41, 5.74) is 1.94. The van der Waals surface area contributed by atoms with Crippen molar-refractivity contribution >= 4 is 5.91 Å². The summed E-state index contributed by atoms with van der Waals surface area (Å²) >= 11 is 0. The maximum Gasteiger partial charge on any atom is 0.263 e. The smallest absolute Gasteiger partial charge is 0.263 e. The molecule has 0 aliphatic heterocycles. The molecule has 7 nitrogen and oxygen atoms in total. The van der Waals surface area contributed by atoms with E-state index in [9.17, 15) is 4.79 Å². The van der Waals surface area contributed by atoms with Gasteiger partial charge >= 0.3 is 0 Å². The predicted octanol–water partition coefficient (Wildman–Crippen LogP) is 3.48. The molecule has 0 radical (unpaired) electrons. The first kappa shape index (κ1) is 19.4. The van der Waals surface area contributed by atoms with E-state index in [0.717, 1.165) is 16.9 Å². The topological polar surface area (TPSA) is 77.7 Å². The van der Waals surface area contributed by atoms with Gasteiger partial charge in [-0.3, -0.25) is 4.79 Å². The number of aromatic nitrogens is 2. The third kappa shape index (κ3) is 4.68. The summed E-state index contributed by atoms with van der Waals surface area (Å²) in [6, 6.07) is 14.9. The maximum absolute atomic E-state index is 12.6. The van der Waals surface area contributed by atoms with Gasteiger partial charge in [-0.25, -0.2) is 0 Å². The van der Waals surface area contributed by atoms with Gasteiger partial charge in [0.25, 0.3) is 5.91 Å². The number of amides is 1. The van der Waals surface area contributed by atoms with Crippen LogP contribution in [-0.4, -0.2) is 41.2 Å². The van der Waals surface area contributed by atoms with Crippen molar-refractivity contribution in [2.45, 2.75) is 26.5 Å². The van der Waals surface area contributed by atoms with E-state index in [-0.39, 0.29) is 12.5 Å². The normalized spacial score (nSPS) is 11.7. The van der Waals surface area contributed by atoms with E-state index in [1.54, 1.807) is 21.1 Å². The second kappa shape index (κ2) is 8.56. The van der Waals surface area contributed by atoms with Crippen LogP contribution in [0.2, 0.25) is 0 Å². The fourth-order valence-corrected chi connectivity index (χ4v) is 2.64. The molecule has 0 aliphatic carbocycles. The van der Waals surface area contributed by atoms with Gasteiger partial charge in [-0.1, -0.05) is 22.9 Å². The van der Waals surface area contributed by atoms with E-state index < -0.39 is 6.10 Å². The third-order valence-electron chi connectivity index (χ3n) is 4.25. The molecule has 146 valence electrons. The molecule has 0 fully saturated rings. The summed E-state index contributed by atoms with van der Waals surface area (Å²) in [6.45, 7) is 3.91. The highest BCUT2D eigenvalue weighted by Crippen LogP contribution is 2.20. The number of aryl methyl sites for hydroxylation is 1. The van der Waals surface area contributed by atoms with Crippen LogP contribution in [0.3, 0.4) is 0 Å². The molecule has 0 N–H and O–H groups in total. The van der Waals surface area contributed by atoms with Crippen molar-refractivity contribution in [3.8, 4) is 22.9 Å². The molecule has 0 unspecified atom stereocenters. The van der Waals surface area contributed by atoms with E-state index in [4.69, 9.17) is 14.0 Å². The zero-order valence-corrected chi connectivity index (χ0v) is 16.4. The molecule has 3 rings (SSSR count). The molecule has 0 saturated carbocycles. The Kier molecular flexibility index (Phi) is 5.93. The summed E-state index contributed by atoms with van der Waals surface area (Å²) in [7, 11) is 3.28. The summed E-state index contributed by atoms with van der Waals surface area (Å²) in [5, 5.41) is 3.98. The number of benzene rings is 2. The molecule has 1 heterocycles. The van der Waals surface area contributed by atoms with E-state index >= 15 is 0 Å². The molecule has 0 saturated heterocycles. The molecule has 2 aromatic carbocycles. The van der Waals surface area contributed by atoms with Crippen molar-refractivity contribution in [2.24, 2.45) is 0 Å². The van der Waals surface area contributed by atoms with Gasteiger partial charge in [0.2, 0.25) is 11.7 Å². The van der Waals surface area contributed by atoms with Crippen LogP contribution >= 0.6 is 0 Å². The molecule has 1 aromatic heterocycles. The molecule has 0 bridgehead atoms. The lowest BCUT2D eigenvalue weighted by atomic mass is 10.2. The molecular formula is C21H23N3O4. The average molecular weight is 381 g/mol. The van der Waals surface area contributed by atoms with Crippen molar-refractivity contribution < 1.29 is 18.8 Å². The number of carbonyl (C=O) groups is 1. The Labute approximate surface area is 163 Å². The minimum absolute atomic E-state index is 0.176. The summed E-state index contributed by atoms with van der Waals surface area (Å²) in [6.07, 6.45) is -0.628. The largest absolute Gasteiger partial charge is 0.497 e. The van der Waals surface area contributed by atoms with Crippen LogP contribution in [0.15, 0.2) is 53.1 Å². The standard InChI is InChI=1S/C21H23N3O4/c1-14-5-9-18(10-6-14)27-15(2)21(25)24(3)13-19-22-20(23-28-19)16-7-11-17(26-4)12-8-16/h5-12,15H,13H2,1-4H3/t15-/m1/s1. The first-order valence-electron chi connectivity index (χ1n) is 8.91. The highest BCUT2D eigenvalue weighted by atomic mass is 16.5. The molecule has 1 amide bonds. The van der Waals surface area contributed by atoms with Crippen LogP contribution in [0.4, 0.5) is 0 Å². The van der Waals surface area contributed by atoms with Gasteiger partial charge in [-0.2, -0.15) is 4.98 Å². The minimum Gasteiger partial charge on any atom is -0.497 e. The molecule has 0 aliphatic rings. The number of carbonyl (C=O) groups excluding carboxylic acids is 1. The zero-order chi connectivity index (χ0) is 20.1. The maximum atomic E-state index is 12.6. The number of hydrogen-bond acceptors (Lipinski definition) is 6. The first-order chi connectivity index (χ1) is 13.5. The van der Waals surface area contributed by atoms with Crippen molar-refractivity contribution in [3.05, 3.63) is 60.0 Å². The molecular weight excluding hydrogens is 358 g/mol. The van der Waals surface area contributed by atoms with Crippen molar-refractivity contribution in [1.29, 1.82) is 0 Å². The van der Waals surface area contributed by atoms with Crippen molar-refractivity contribution in [3.63, 3.8) is 0 Å². The average Bonchev–Trinajstić information content (AvgIpc) is 3.17. The van der Waals surface area contributed by atoms with Gasteiger partial charge in [-0.05, 0) is 50.2 Å². The van der Waals surface area contributed by atoms with Crippen LogP contribution in [-0.2, 0) is 11.3 Å². The van der Waals surface area contributed by atoms with Gasteiger partial charge in [-0.15, -0.1) is 0 Å². The van der Waals surface area contributed by atoms with Crippen molar-refractivity contribution in [1.82, 2.24) is 15.0 Å². The zero-order valence-electron chi connectivity index (χ0n) is 16.4. The van der Waals surface area contributed by atoms with Crippen LogP contribution in [0.1, 0.15) is 18.4 Å². The first-order valence-corrected chi connectivity index (χ1v) is 8.91. The van der Waals surface area contributed by atoms with Gasteiger partial charge in [0, 0.05) is 12.6 Å².